The van der Waals surface area contributed by atoms with Gasteiger partial charge < -0.3 is 18.7 Å². The third-order valence-electron chi connectivity index (χ3n) is 3.42. The molecule has 0 amide bonds. The van der Waals surface area contributed by atoms with Gasteiger partial charge in [0.05, 0.1) is 18.3 Å². The number of halogens is 3. The number of hydrogen-bond acceptors (Lipinski definition) is 6. The van der Waals surface area contributed by atoms with Crippen molar-refractivity contribution in [3.63, 3.8) is 0 Å². The summed E-state index contributed by atoms with van der Waals surface area (Å²) >= 11 is 0. The van der Waals surface area contributed by atoms with Crippen LogP contribution >= 0.6 is 0 Å². The van der Waals surface area contributed by atoms with E-state index in [9.17, 15) is 18.0 Å². The quantitative estimate of drug-likeness (QED) is 0.743. The minimum Gasteiger partial charge on any atom is -0.459 e. The third-order valence-corrected chi connectivity index (χ3v) is 3.42. The molecule has 1 aliphatic heterocycles. The van der Waals surface area contributed by atoms with E-state index in [-0.39, 0.29) is 18.3 Å². The molecular weight excluding hydrogens is 319 g/mol. The number of alkyl halides is 3. The molecule has 0 aliphatic carbocycles. The van der Waals surface area contributed by atoms with Crippen LogP contribution in [0.15, 0.2) is 10.8 Å². The van der Waals surface area contributed by atoms with E-state index in [0.29, 0.717) is 6.61 Å². The largest absolute Gasteiger partial charge is 0.459 e. The number of carbonyl (C=O) groups excluding carboxylic acids is 1. The van der Waals surface area contributed by atoms with Gasteiger partial charge in [0.1, 0.15) is 12.9 Å². The minimum absolute atomic E-state index is 0.0612. The van der Waals surface area contributed by atoms with Crippen molar-refractivity contribution in [3.8, 4) is 0 Å². The zero-order valence-electron chi connectivity index (χ0n) is 12.6. The van der Waals surface area contributed by atoms with E-state index >= 15 is 0 Å². The van der Waals surface area contributed by atoms with Crippen molar-refractivity contribution in [2.24, 2.45) is 0 Å². The Bertz CT molecular complexity index is 511. The Morgan fingerprint density at radius 3 is 2.91 bits per heavy atom. The average Bonchev–Trinajstić information content (AvgIpc) is 3.00. The van der Waals surface area contributed by atoms with Gasteiger partial charge in [-0.1, -0.05) is 5.16 Å². The fourth-order valence-electron chi connectivity index (χ4n) is 2.12. The van der Waals surface area contributed by atoms with Gasteiger partial charge in [-0.05, 0) is 26.2 Å². The van der Waals surface area contributed by atoms with Gasteiger partial charge in [0.25, 0.3) is 0 Å². The van der Waals surface area contributed by atoms with Gasteiger partial charge in [-0.3, -0.25) is 0 Å². The number of carbonyl (C=O) groups is 1. The molecule has 9 heteroatoms. The first-order chi connectivity index (χ1) is 10.9. The van der Waals surface area contributed by atoms with Crippen molar-refractivity contribution in [2.45, 2.75) is 51.2 Å². The van der Waals surface area contributed by atoms with Crippen molar-refractivity contribution in [2.75, 3.05) is 13.2 Å². The van der Waals surface area contributed by atoms with Crippen LogP contribution < -0.4 is 0 Å². The van der Waals surface area contributed by atoms with E-state index in [1.165, 1.54) is 6.92 Å². The molecular formula is C14H18F3NO5. The standard InChI is InChI=1S/C14H18F3NO5/c1-9(21-8-11-4-2-3-5-20-11)13(19)22-6-10-7-23-18-12(10)14(15,16)17/h7,9,11H,2-6,8H2,1H3/t9-,11+/m1/s1. The Morgan fingerprint density at radius 2 is 2.26 bits per heavy atom. The first kappa shape index (κ1) is 17.7. The summed E-state index contributed by atoms with van der Waals surface area (Å²) in [5.41, 5.74) is -1.54. The SMILES string of the molecule is C[C@@H](OC[C@@H]1CCCCO1)C(=O)OCc1conc1C(F)(F)F. The molecule has 1 aliphatic rings. The van der Waals surface area contributed by atoms with Crippen molar-refractivity contribution < 1.29 is 36.7 Å². The first-order valence-electron chi connectivity index (χ1n) is 7.28. The van der Waals surface area contributed by atoms with E-state index in [2.05, 4.69) is 9.68 Å². The van der Waals surface area contributed by atoms with Crippen LogP contribution in [0.1, 0.15) is 37.4 Å². The lowest BCUT2D eigenvalue weighted by Crippen LogP contribution is -2.30. The van der Waals surface area contributed by atoms with Gasteiger partial charge in [0, 0.05) is 6.61 Å². The smallest absolute Gasteiger partial charge is 0.437 e. The molecule has 0 bridgehead atoms. The van der Waals surface area contributed by atoms with Crippen molar-refractivity contribution in [1.82, 2.24) is 5.16 Å². The summed E-state index contributed by atoms with van der Waals surface area (Å²) in [5, 5.41) is 2.87. The fourth-order valence-corrected chi connectivity index (χ4v) is 2.12. The second-order valence-electron chi connectivity index (χ2n) is 5.26. The van der Waals surface area contributed by atoms with E-state index in [1.54, 1.807) is 0 Å². The molecule has 23 heavy (non-hydrogen) atoms. The molecule has 1 saturated heterocycles. The lowest BCUT2D eigenvalue weighted by Gasteiger charge is -2.23. The van der Waals surface area contributed by atoms with Crippen molar-refractivity contribution in [1.29, 1.82) is 0 Å². The van der Waals surface area contributed by atoms with Crippen molar-refractivity contribution in [3.05, 3.63) is 17.5 Å². The Hall–Kier alpha value is -1.61. The number of hydrogen-bond donors (Lipinski definition) is 0. The van der Waals surface area contributed by atoms with Crippen LogP contribution in [-0.4, -0.2) is 36.5 Å². The summed E-state index contributed by atoms with van der Waals surface area (Å²) in [6.07, 6.45) is -1.90. The summed E-state index contributed by atoms with van der Waals surface area (Å²) in [7, 11) is 0. The average molecular weight is 337 g/mol. The highest BCUT2D eigenvalue weighted by atomic mass is 19.4. The molecule has 0 saturated carbocycles. The zero-order valence-corrected chi connectivity index (χ0v) is 12.6. The monoisotopic (exact) mass is 337 g/mol. The fraction of sp³-hybridized carbons (Fsp3) is 0.714. The molecule has 2 atom stereocenters. The molecule has 130 valence electrons. The van der Waals surface area contributed by atoms with Crippen molar-refractivity contribution >= 4 is 5.97 Å². The molecule has 0 N–H and O–H groups in total. The first-order valence-corrected chi connectivity index (χ1v) is 7.28. The van der Waals surface area contributed by atoms with Crippen LogP contribution in [-0.2, 0) is 31.8 Å². The maximum Gasteiger partial charge on any atom is 0.437 e. The highest BCUT2D eigenvalue weighted by Gasteiger charge is 2.37. The summed E-state index contributed by atoms with van der Waals surface area (Å²) < 4.78 is 57.7. The van der Waals surface area contributed by atoms with Crippen LogP contribution in [0.5, 0.6) is 0 Å². The van der Waals surface area contributed by atoms with Gasteiger partial charge in [0.15, 0.2) is 11.8 Å². The Kier molecular flexibility index (Phi) is 6.00. The lowest BCUT2D eigenvalue weighted by molar-refractivity contribution is -0.161. The van der Waals surface area contributed by atoms with Gasteiger partial charge in [-0.2, -0.15) is 13.2 Å². The molecule has 1 fully saturated rings. The number of rotatable bonds is 6. The number of nitrogens with zero attached hydrogens (tertiary/aromatic N) is 1. The molecule has 1 aromatic rings. The molecule has 0 spiro atoms. The maximum atomic E-state index is 12.6. The second kappa shape index (κ2) is 7.78. The highest BCUT2D eigenvalue weighted by molar-refractivity contribution is 5.74. The summed E-state index contributed by atoms with van der Waals surface area (Å²) in [5.74, 6) is -0.755. The molecule has 2 rings (SSSR count). The van der Waals surface area contributed by atoms with Gasteiger partial charge in [0.2, 0.25) is 0 Å². The van der Waals surface area contributed by atoms with Crippen LogP contribution in [0.4, 0.5) is 13.2 Å². The molecule has 0 radical (unpaired) electrons. The molecule has 6 nitrogen and oxygen atoms in total. The second-order valence-corrected chi connectivity index (χ2v) is 5.26. The van der Waals surface area contributed by atoms with Crippen LogP contribution in [0.3, 0.4) is 0 Å². The van der Waals surface area contributed by atoms with E-state index in [1.807, 2.05) is 0 Å². The van der Waals surface area contributed by atoms with Crippen LogP contribution in [0.25, 0.3) is 0 Å². The lowest BCUT2D eigenvalue weighted by atomic mass is 10.1. The predicted octanol–water partition coefficient (Wildman–Crippen LogP) is 2.71. The summed E-state index contributed by atoms with van der Waals surface area (Å²) in [4.78, 5) is 11.8. The summed E-state index contributed by atoms with van der Waals surface area (Å²) in [6.45, 7) is 1.81. The zero-order chi connectivity index (χ0) is 16.9. The van der Waals surface area contributed by atoms with E-state index in [0.717, 1.165) is 25.5 Å². The maximum absolute atomic E-state index is 12.6. The van der Waals surface area contributed by atoms with E-state index in [4.69, 9.17) is 14.2 Å². The highest BCUT2D eigenvalue weighted by Crippen LogP contribution is 2.31. The molecule has 1 aromatic heterocycles. The minimum atomic E-state index is -4.66. The van der Waals surface area contributed by atoms with Crippen LogP contribution in [0.2, 0.25) is 0 Å². The molecule has 0 aromatic carbocycles. The normalized spacial score (nSPS) is 20.3. The van der Waals surface area contributed by atoms with Crippen LogP contribution in [0, 0.1) is 0 Å². The Morgan fingerprint density at radius 1 is 1.48 bits per heavy atom. The topological polar surface area (TPSA) is 70.8 Å². The summed E-state index contributed by atoms with van der Waals surface area (Å²) in [6, 6.07) is 0. The number of aromatic nitrogens is 1. The van der Waals surface area contributed by atoms with Gasteiger partial charge >= 0.3 is 12.1 Å². The Labute approximate surface area is 130 Å². The number of ether oxygens (including phenoxy) is 3. The van der Waals surface area contributed by atoms with Gasteiger partial charge in [-0.15, -0.1) is 0 Å². The Balaban J connectivity index is 1.76. The molecule has 2 heterocycles. The predicted molar refractivity (Wildman–Crippen MR) is 70.3 cm³/mol. The van der Waals surface area contributed by atoms with Gasteiger partial charge in [-0.25, -0.2) is 4.79 Å². The molecule has 0 unspecified atom stereocenters. The number of esters is 1. The van der Waals surface area contributed by atoms with E-state index < -0.39 is 30.6 Å². The third kappa shape index (κ3) is 5.21.